The fourth-order valence-corrected chi connectivity index (χ4v) is 4.77. The average molecular weight is 328 g/mol. The Morgan fingerprint density at radius 2 is 1.86 bits per heavy atom. The second kappa shape index (κ2) is 5.92. The van der Waals surface area contributed by atoms with Gasteiger partial charge in [-0.15, -0.1) is 0 Å². The highest BCUT2D eigenvalue weighted by molar-refractivity contribution is 7.89. The van der Waals surface area contributed by atoms with Crippen molar-refractivity contribution in [3.05, 3.63) is 12.4 Å². The normalized spacial score (nSPS) is 23.9. The quantitative estimate of drug-likeness (QED) is 0.844. The fraction of sp³-hybridized carbons (Fsp3) is 0.786. The number of sulfonamides is 1. The first-order chi connectivity index (χ1) is 10.4. The maximum absolute atomic E-state index is 12.5. The number of hydrogen-bond donors (Lipinski definition) is 1. The van der Waals surface area contributed by atoms with Crippen LogP contribution in [0.25, 0.3) is 0 Å². The van der Waals surface area contributed by atoms with Gasteiger partial charge in [-0.25, -0.2) is 8.42 Å². The molecule has 0 amide bonds. The Balaban J connectivity index is 1.63. The molecule has 22 heavy (non-hydrogen) atoms. The van der Waals surface area contributed by atoms with E-state index < -0.39 is 15.6 Å². The van der Waals surface area contributed by atoms with E-state index >= 15 is 0 Å². The van der Waals surface area contributed by atoms with Gasteiger partial charge in [-0.2, -0.15) is 9.40 Å². The first kappa shape index (κ1) is 15.9. The van der Waals surface area contributed by atoms with E-state index in [2.05, 4.69) is 10.00 Å². The fourth-order valence-electron chi connectivity index (χ4n) is 3.34. The number of rotatable bonds is 4. The molecule has 0 saturated carbocycles. The molecule has 2 aliphatic rings. The van der Waals surface area contributed by atoms with Gasteiger partial charge in [0.15, 0.2) is 0 Å². The van der Waals surface area contributed by atoms with E-state index in [0.717, 1.165) is 13.1 Å². The van der Waals surface area contributed by atoms with Crippen LogP contribution >= 0.6 is 0 Å². The molecule has 1 N–H and O–H groups in total. The maximum atomic E-state index is 12.5. The molecular formula is C14H24N4O3S. The van der Waals surface area contributed by atoms with Crippen molar-refractivity contribution in [1.82, 2.24) is 19.0 Å². The molecule has 3 heterocycles. The van der Waals surface area contributed by atoms with Crippen LogP contribution in [0.2, 0.25) is 0 Å². The summed E-state index contributed by atoms with van der Waals surface area (Å²) in [4.78, 5) is 2.51. The third-order valence-electron chi connectivity index (χ3n) is 4.69. The first-order valence-corrected chi connectivity index (χ1v) is 9.27. The van der Waals surface area contributed by atoms with Gasteiger partial charge in [0.1, 0.15) is 4.90 Å². The van der Waals surface area contributed by atoms with Crippen molar-refractivity contribution in [2.24, 2.45) is 7.05 Å². The zero-order chi connectivity index (χ0) is 15.8. The van der Waals surface area contributed by atoms with Crippen LogP contribution in [0.15, 0.2) is 17.3 Å². The van der Waals surface area contributed by atoms with E-state index in [1.54, 1.807) is 7.05 Å². The van der Waals surface area contributed by atoms with Crippen molar-refractivity contribution in [3.8, 4) is 0 Å². The maximum Gasteiger partial charge on any atom is 0.246 e. The highest BCUT2D eigenvalue weighted by Gasteiger charge is 2.38. The Labute approximate surface area is 131 Å². The van der Waals surface area contributed by atoms with Gasteiger partial charge in [-0.1, -0.05) is 0 Å². The Morgan fingerprint density at radius 3 is 2.41 bits per heavy atom. The Bertz CT molecular complexity index is 614. The molecule has 0 atom stereocenters. The van der Waals surface area contributed by atoms with Crippen LogP contribution in [0.3, 0.4) is 0 Å². The highest BCUT2D eigenvalue weighted by Crippen LogP contribution is 2.28. The molecule has 7 nitrogen and oxygen atoms in total. The lowest BCUT2D eigenvalue weighted by molar-refractivity contribution is -0.0284. The number of aryl methyl sites for hydroxylation is 1. The standard InChI is InChI=1S/C14H24N4O3S/c1-16-11-13(10-15-16)22(20,21)18-8-4-14(19,5-9-18)12-17-6-2-3-7-17/h10-11,19H,2-9,12H2,1H3. The van der Waals surface area contributed by atoms with Gasteiger partial charge in [0, 0.05) is 32.9 Å². The van der Waals surface area contributed by atoms with Gasteiger partial charge in [0.25, 0.3) is 0 Å². The molecule has 0 spiro atoms. The summed E-state index contributed by atoms with van der Waals surface area (Å²) in [6.07, 6.45) is 6.25. The van der Waals surface area contributed by atoms with Crippen LogP contribution in [0, 0.1) is 0 Å². The van der Waals surface area contributed by atoms with Crippen LogP contribution in [0.4, 0.5) is 0 Å². The minimum absolute atomic E-state index is 0.222. The zero-order valence-electron chi connectivity index (χ0n) is 13.0. The molecule has 2 aliphatic heterocycles. The second-order valence-electron chi connectivity index (χ2n) is 6.46. The molecule has 1 aromatic heterocycles. The summed E-state index contributed by atoms with van der Waals surface area (Å²) in [5.41, 5.74) is -0.759. The molecule has 0 unspecified atom stereocenters. The third-order valence-corrected chi connectivity index (χ3v) is 6.54. The van der Waals surface area contributed by atoms with Crippen LogP contribution < -0.4 is 0 Å². The van der Waals surface area contributed by atoms with Gasteiger partial charge < -0.3 is 10.0 Å². The Hall–Kier alpha value is -0.960. The smallest absolute Gasteiger partial charge is 0.246 e. The summed E-state index contributed by atoms with van der Waals surface area (Å²) >= 11 is 0. The predicted molar refractivity (Wildman–Crippen MR) is 81.8 cm³/mol. The van der Waals surface area contributed by atoms with Gasteiger partial charge in [-0.05, 0) is 38.8 Å². The topological polar surface area (TPSA) is 78.7 Å². The summed E-state index contributed by atoms with van der Waals surface area (Å²) in [7, 11) is -1.79. The number of piperidine rings is 1. The van der Waals surface area contributed by atoms with E-state index in [-0.39, 0.29) is 4.90 Å². The largest absolute Gasteiger partial charge is 0.388 e. The molecule has 0 aliphatic carbocycles. The zero-order valence-corrected chi connectivity index (χ0v) is 13.8. The summed E-state index contributed by atoms with van der Waals surface area (Å²) in [6, 6.07) is 0. The van der Waals surface area contributed by atoms with Crippen molar-refractivity contribution in [2.75, 3.05) is 32.7 Å². The van der Waals surface area contributed by atoms with Crippen molar-refractivity contribution in [3.63, 3.8) is 0 Å². The molecular weight excluding hydrogens is 304 g/mol. The Morgan fingerprint density at radius 1 is 1.23 bits per heavy atom. The number of β-amino-alcohol motifs (C(OH)–C–C–N with tert-alkyl or cyclic N) is 1. The molecule has 0 radical (unpaired) electrons. The number of likely N-dealkylation sites (tertiary alicyclic amines) is 1. The summed E-state index contributed by atoms with van der Waals surface area (Å²) in [6.45, 7) is 3.47. The van der Waals surface area contributed by atoms with E-state index in [4.69, 9.17) is 0 Å². The first-order valence-electron chi connectivity index (χ1n) is 7.83. The van der Waals surface area contributed by atoms with E-state index in [0.29, 0.717) is 32.5 Å². The molecule has 1 aromatic rings. The minimum Gasteiger partial charge on any atom is -0.388 e. The Kier molecular flexibility index (Phi) is 4.28. The van der Waals surface area contributed by atoms with Gasteiger partial charge in [0.2, 0.25) is 10.0 Å². The summed E-state index contributed by atoms with van der Waals surface area (Å²) in [5, 5.41) is 14.6. The molecule has 0 aromatic carbocycles. The summed E-state index contributed by atoms with van der Waals surface area (Å²) in [5.74, 6) is 0. The lowest BCUT2D eigenvalue weighted by atomic mass is 9.92. The number of aromatic nitrogens is 2. The van der Waals surface area contributed by atoms with Crippen LogP contribution in [-0.2, 0) is 17.1 Å². The van der Waals surface area contributed by atoms with E-state index in [1.807, 2.05) is 0 Å². The monoisotopic (exact) mass is 328 g/mol. The minimum atomic E-state index is -3.49. The van der Waals surface area contributed by atoms with Crippen LogP contribution in [-0.4, -0.2) is 70.8 Å². The van der Waals surface area contributed by atoms with Crippen molar-refractivity contribution in [1.29, 1.82) is 0 Å². The van der Waals surface area contributed by atoms with Gasteiger partial charge >= 0.3 is 0 Å². The highest BCUT2D eigenvalue weighted by atomic mass is 32.2. The lowest BCUT2D eigenvalue weighted by Gasteiger charge is -2.39. The predicted octanol–water partition coefficient (Wildman–Crippen LogP) is 0.0315. The number of aliphatic hydroxyl groups is 1. The molecule has 0 bridgehead atoms. The van der Waals surface area contributed by atoms with E-state index in [9.17, 15) is 13.5 Å². The third kappa shape index (κ3) is 3.19. The average Bonchev–Trinajstić information content (AvgIpc) is 3.10. The molecule has 124 valence electrons. The van der Waals surface area contributed by atoms with Crippen molar-refractivity contribution in [2.45, 2.75) is 36.2 Å². The second-order valence-corrected chi connectivity index (χ2v) is 8.40. The van der Waals surface area contributed by atoms with Crippen molar-refractivity contribution >= 4 is 10.0 Å². The van der Waals surface area contributed by atoms with Crippen LogP contribution in [0.1, 0.15) is 25.7 Å². The van der Waals surface area contributed by atoms with Gasteiger partial charge in [-0.3, -0.25) is 4.68 Å². The van der Waals surface area contributed by atoms with Crippen LogP contribution in [0.5, 0.6) is 0 Å². The molecule has 2 saturated heterocycles. The number of hydrogen-bond acceptors (Lipinski definition) is 5. The van der Waals surface area contributed by atoms with Gasteiger partial charge in [0.05, 0.1) is 11.8 Å². The SMILES string of the molecule is Cn1cc(S(=O)(=O)N2CCC(O)(CN3CCCC3)CC2)cn1. The van der Waals surface area contributed by atoms with Crippen molar-refractivity contribution < 1.29 is 13.5 Å². The molecule has 8 heteroatoms. The molecule has 2 fully saturated rings. The summed E-state index contributed by atoms with van der Waals surface area (Å²) < 4.78 is 28.0. The number of nitrogens with zero attached hydrogens (tertiary/aromatic N) is 4. The molecule has 3 rings (SSSR count). The lowest BCUT2D eigenvalue weighted by Crippen LogP contribution is -2.51. The van der Waals surface area contributed by atoms with E-state index in [1.165, 1.54) is 34.2 Å².